The molecule has 0 spiro atoms. The van der Waals surface area contributed by atoms with Gasteiger partial charge in [-0.25, -0.2) is 0 Å². The first kappa shape index (κ1) is 23.0. The summed E-state index contributed by atoms with van der Waals surface area (Å²) < 4.78 is 7.85. The number of aromatic nitrogens is 3. The van der Waals surface area contributed by atoms with Gasteiger partial charge >= 0.3 is 0 Å². The lowest BCUT2D eigenvalue weighted by Gasteiger charge is -2.27. The zero-order valence-corrected chi connectivity index (χ0v) is 20.0. The van der Waals surface area contributed by atoms with E-state index in [2.05, 4.69) is 56.6 Å². The highest BCUT2D eigenvalue weighted by Gasteiger charge is 2.20. The summed E-state index contributed by atoms with van der Waals surface area (Å²) in [4.78, 5) is 4.85. The fourth-order valence-electron chi connectivity index (χ4n) is 4.18. The molecule has 1 aromatic carbocycles. The van der Waals surface area contributed by atoms with E-state index in [9.17, 15) is 0 Å². The predicted molar refractivity (Wildman–Crippen MR) is 129 cm³/mol. The van der Waals surface area contributed by atoms with Crippen LogP contribution in [0.3, 0.4) is 0 Å². The van der Waals surface area contributed by atoms with E-state index in [0.717, 1.165) is 70.0 Å². The van der Waals surface area contributed by atoms with E-state index in [1.54, 1.807) is 6.33 Å². The Bertz CT molecular complexity index is 817. The van der Waals surface area contributed by atoms with E-state index in [4.69, 9.17) is 9.73 Å². The Labute approximate surface area is 196 Å². The minimum atomic E-state index is 0. The Balaban J connectivity index is 0.00000256. The van der Waals surface area contributed by atoms with Crippen molar-refractivity contribution < 1.29 is 4.74 Å². The van der Waals surface area contributed by atoms with Crippen molar-refractivity contribution >= 4 is 29.9 Å². The average molecular weight is 524 g/mol. The van der Waals surface area contributed by atoms with Gasteiger partial charge in [-0.15, -0.1) is 34.2 Å². The van der Waals surface area contributed by atoms with Crippen LogP contribution in [-0.4, -0.2) is 52.6 Å². The van der Waals surface area contributed by atoms with Crippen LogP contribution in [0.15, 0.2) is 35.6 Å². The summed E-state index contributed by atoms with van der Waals surface area (Å²) in [5.41, 5.74) is 2.93. The molecule has 164 valence electrons. The summed E-state index contributed by atoms with van der Waals surface area (Å²) in [7, 11) is 0. The number of hydrogen-bond donors (Lipinski definition) is 2. The Morgan fingerprint density at radius 2 is 2.13 bits per heavy atom. The maximum absolute atomic E-state index is 5.75. The van der Waals surface area contributed by atoms with E-state index in [-0.39, 0.29) is 30.1 Å². The van der Waals surface area contributed by atoms with Crippen molar-refractivity contribution in [2.75, 3.05) is 19.7 Å². The number of aryl methyl sites for hydroxylation is 2. The van der Waals surface area contributed by atoms with Crippen molar-refractivity contribution in [2.45, 2.75) is 64.1 Å². The monoisotopic (exact) mass is 524 g/mol. The summed E-state index contributed by atoms with van der Waals surface area (Å²) in [6, 6.07) is 9.18. The molecule has 8 heteroatoms. The molecule has 4 rings (SSSR count). The lowest BCUT2D eigenvalue weighted by molar-refractivity contribution is 0.117. The van der Waals surface area contributed by atoms with Gasteiger partial charge in [0.1, 0.15) is 12.2 Å². The summed E-state index contributed by atoms with van der Waals surface area (Å²) in [6.07, 6.45) is 8.48. The molecule has 1 saturated heterocycles. The topological polar surface area (TPSA) is 76.4 Å². The number of nitrogens with one attached hydrogen (secondary N) is 2. The average Bonchev–Trinajstić information content (AvgIpc) is 3.43. The Morgan fingerprint density at radius 3 is 2.93 bits per heavy atom. The zero-order valence-electron chi connectivity index (χ0n) is 17.7. The predicted octanol–water partition coefficient (Wildman–Crippen LogP) is 2.73. The van der Waals surface area contributed by atoms with E-state index in [1.165, 1.54) is 11.1 Å². The van der Waals surface area contributed by atoms with Crippen LogP contribution in [0.5, 0.6) is 0 Å². The largest absolute Gasteiger partial charge is 0.376 e. The smallest absolute Gasteiger partial charge is 0.191 e. The van der Waals surface area contributed by atoms with Crippen LogP contribution in [0.1, 0.15) is 43.1 Å². The second-order valence-electron chi connectivity index (χ2n) is 7.90. The molecular formula is C22H33IN6O. The molecule has 2 aromatic rings. The third-order valence-corrected chi connectivity index (χ3v) is 5.82. The SMILES string of the molecule is CCc1nncn1CCNC(=NCC1CCCO1)NC1CCc2ccccc2C1.I. The maximum Gasteiger partial charge on any atom is 0.191 e. The van der Waals surface area contributed by atoms with E-state index in [0.29, 0.717) is 12.6 Å². The summed E-state index contributed by atoms with van der Waals surface area (Å²) >= 11 is 0. The van der Waals surface area contributed by atoms with Crippen molar-refractivity contribution in [3.8, 4) is 0 Å². The van der Waals surface area contributed by atoms with Gasteiger partial charge in [-0.3, -0.25) is 4.99 Å². The second-order valence-corrected chi connectivity index (χ2v) is 7.90. The molecule has 0 radical (unpaired) electrons. The lowest BCUT2D eigenvalue weighted by atomic mass is 9.88. The Kier molecular flexibility index (Phi) is 8.92. The fraction of sp³-hybridized carbons (Fsp3) is 0.591. The zero-order chi connectivity index (χ0) is 19.9. The quantitative estimate of drug-likeness (QED) is 0.331. The van der Waals surface area contributed by atoms with Gasteiger partial charge in [-0.2, -0.15) is 0 Å². The molecule has 2 unspecified atom stereocenters. The van der Waals surface area contributed by atoms with Gasteiger partial charge < -0.3 is 19.9 Å². The van der Waals surface area contributed by atoms with Crippen LogP contribution >= 0.6 is 24.0 Å². The third kappa shape index (κ3) is 6.16. The Morgan fingerprint density at radius 1 is 1.27 bits per heavy atom. The number of ether oxygens (including phenoxy) is 1. The molecule has 1 aromatic heterocycles. The number of nitrogens with zero attached hydrogens (tertiary/aromatic N) is 4. The standard InChI is InChI=1S/C22H32N6O.HI/c1-2-21-27-25-16-28(21)12-11-23-22(24-15-20-8-5-13-29-20)26-19-10-9-17-6-3-4-7-18(17)14-19;/h3-4,6-7,16,19-20H,2,5,8-15H2,1H3,(H2,23,24,26);1H. The molecule has 0 amide bonds. The van der Waals surface area contributed by atoms with Gasteiger partial charge in [0, 0.05) is 32.2 Å². The third-order valence-electron chi connectivity index (χ3n) is 5.82. The van der Waals surface area contributed by atoms with Crippen LogP contribution in [0.4, 0.5) is 0 Å². The molecular weight excluding hydrogens is 491 g/mol. The number of halogens is 1. The number of aliphatic imine (C=N–C) groups is 1. The van der Waals surface area contributed by atoms with Crippen molar-refractivity contribution in [3.05, 3.63) is 47.5 Å². The molecule has 1 fully saturated rings. The Hall–Kier alpha value is -1.68. The van der Waals surface area contributed by atoms with Gasteiger partial charge in [-0.05, 0) is 43.2 Å². The van der Waals surface area contributed by atoms with Crippen molar-refractivity contribution in [1.29, 1.82) is 0 Å². The van der Waals surface area contributed by atoms with Crippen LogP contribution in [0.2, 0.25) is 0 Å². The summed E-state index contributed by atoms with van der Waals surface area (Å²) in [5.74, 6) is 1.90. The first-order valence-electron chi connectivity index (χ1n) is 10.9. The van der Waals surface area contributed by atoms with Gasteiger partial charge in [0.05, 0.1) is 12.6 Å². The number of rotatable bonds is 7. The van der Waals surface area contributed by atoms with Crippen molar-refractivity contribution in [2.24, 2.45) is 4.99 Å². The maximum atomic E-state index is 5.75. The van der Waals surface area contributed by atoms with Crippen molar-refractivity contribution in [3.63, 3.8) is 0 Å². The molecule has 2 aliphatic rings. The van der Waals surface area contributed by atoms with Gasteiger partial charge in [-0.1, -0.05) is 31.2 Å². The molecule has 0 saturated carbocycles. The lowest BCUT2D eigenvalue weighted by Crippen LogP contribution is -2.46. The minimum absolute atomic E-state index is 0. The number of hydrogen-bond acceptors (Lipinski definition) is 4. The van der Waals surface area contributed by atoms with E-state index in [1.807, 2.05) is 0 Å². The fourth-order valence-corrected chi connectivity index (χ4v) is 4.18. The van der Waals surface area contributed by atoms with Crippen LogP contribution in [0, 0.1) is 0 Å². The molecule has 2 atom stereocenters. The normalized spacial score (nSPS) is 21.0. The van der Waals surface area contributed by atoms with Crippen LogP contribution in [0.25, 0.3) is 0 Å². The van der Waals surface area contributed by atoms with Gasteiger partial charge in [0.2, 0.25) is 0 Å². The molecule has 7 nitrogen and oxygen atoms in total. The van der Waals surface area contributed by atoms with E-state index < -0.39 is 0 Å². The van der Waals surface area contributed by atoms with Crippen molar-refractivity contribution in [1.82, 2.24) is 25.4 Å². The molecule has 30 heavy (non-hydrogen) atoms. The van der Waals surface area contributed by atoms with Crippen LogP contribution in [-0.2, 0) is 30.5 Å². The van der Waals surface area contributed by atoms with Crippen LogP contribution < -0.4 is 10.6 Å². The van der Waals surface area contributed by atoms with Gasteiger partial charge in [0.25, 0.3) is 0 Å². The van der Waals surface area contributed by atoms with E-state index >= 15 is 0 Å². The molecule has 0 bridgehead atoms. The highest BCUT2D eigenvalue weighted by molar-refractivity contribution is 14.0. The molecule has 2 heterocycles. The molecule has 2 N–H and O–H groups in total. The number of fused-ring (bicyclic) bond motifs is 1. The summed E-state index contributed by atoms with van der Waals surface area (Å²) in [6.45, 7) is 5.29. The first-order chi connectivity index (χ1) is 14.3. The summed E-state index contributed by atoms with van der Waals surface area (Å²) in [5, 5.41) is 15.4. The number of guanidine groups is 1. The minimum Gasteiger partial charge on any atom is -0.376 e. The molecule has 1 aliphatic heterocycles. The highest BCUT2D eigenvalue weighted by atomic mass is 127. The second kappa shape index (κ2) is 11.6. The highest BCUT2D eigenvalue weighted by Crippen LogP contribution is 2.21. The first-order valence-corrected chi connectivity index (χ1v) is 10.9. The van der Waals surface area contributed by atoms with Gasteiger partial charge in [0.15, 0.2) is 5.96 Å². The number of benzene rings is 1. The molecule has 1 aliphatic carbocycles.